The second kappa shape index (κ2) is 12.3. The lowest BCUT2D eigenvalue weighted by Gasteiger charge is -2.18. The monoisotopic (exact) mass is 546 g/mol. The highest BCUT2D eigenvalue weighted by atomic mass is 16.7. The molecule has 0 N–H and O–H groups in total. The minimum absolute atomic E-state index is 0.222. The fourth-order valence-electron chi connectivity index (χ4n) is 5.44. The molecule has 1 aliphatic rings. The van der Waals surface area contributed by atoms with Crippen LogP contribution in [-0.4, -0.2) is 26.5 Å². The molecule has 4 aromatic rings. The molecule has 5 rings (SSSR count). The van der Waals surface area contributed by atoms with E-state index in [-0.39, 0.29) is 6.79 Å². The topological polar surface area (TPSA) is 54.0 Å². The Labute approximate surface area is 241 Å². The molecular formula is C36H34O5. The SMILES string of the molecule is CCOC(=O)C=C=C1c2ccccc2-c2cc(OCc3cccc(-c4c(C)cc(OCOC)cc4C)c3C)ccc21. The van der Waals surface area contributed by atoms with E-state index in [0.717, 1.165) is 56.0 Å². The summed E-state index contributed by atoms with van der Waals surface area (Å²) in [5, 5.41) is 0. The average Bonchev–Trinajstić information content (AvgIpc) is 3.28. The molecule has 0 amide bonds. The molecule has 0 heterocycles. The zero-order chi connectivity index (χ0) is 28.9. The van der Waals surface area contributed by atoms with Crippen molar-refractivity contribution in [3.05, 3.63) is 118 Å². The van der Waals surface area contributed by atoms with E-state index in [2.05, 4.69) is 69.0 Å². The van der Waals surface area contributed by atoms with Crippen LogP contribution in [0.15, 0.2) is 84.6 Å². The van der Waals surface area contributed by atoms with Crippen LogP contribution in [0.1, 0.15) is 40.3 Å². The second-order valence-electron chi connectivity index (χ2n) is 10.0. The number of ether oxygens (including phenoxy) is 4. The molecule has 4 aromatic carbocycles. The molecule has 5 heteroatoms. The summed E-state index contributed by atoms with van der Waals surface area (Å²) in [4.78, 5) is 11.9. The van der Waals surface area contributed by atoms with E-state index >= 15 is 0 Å². The van der Waals surface area contributed by atoms with Gasteiger partial charge in [-0.3, -0.25) is 0 Å². The van der Waals surface area contributed by atoms with Gasteiger partial charge in [0, 0.05) is 12.7 Å². The Balaban J connectivity index is 1.41. The number of hydrogen-bond acceptors (Lipinski definition) is 5. The highest BCUT2D eigenvalue weighted by Gasteiger charge is 2.23. The molecule has 0 radical (unpaired) electrons. The van der Waals surface area contributed by atoms with Crippen LogP contribution in [0.4, 0.5) is 0 Å². The Bertz CT molecular complexity index is 1650. The summed E-state index contributed by atoms with van der Waals surface area (Å²) in [6.45, 7) is 9.15. The molecule has 0 atom stereocenters. The molecule has 0 bridgehead atoms. The molecule has 0 spiro atoms. The van der Waals surface area contributed by atoms with Gasteiger partial charge in [-0.2, -0.15) is 0 Å². The number of benzene rings is 4. The first-order chi connectivity index (χ1) is 19.9. The number of fused-ring (bicyclic) bond motifs is 3. The largest absolute Gasteiger partial charge is 0.489 e. The summed E-state index contributed by atoms with van der Waals surface area (Å²) in [6.07, 6.45) is 1.37. The van der Waals surface area contributed by atoms with Gasteiger partial charge in [-0.25, -0.2) is 4.79 Å². The number of carbonyl (C=O) groups is 1. The van der Waals surface area contributed by atoms with Crippen molar-refractivity contribution in [2.75, 3.05) is 20.5 Å². The lowest BCUT2D eigenvalue weighted by Crippen LogP contribution is -2.02. The van der Waals surface area contributed by atoms with Gasteiger partial charge in [0.15, 0.2) is 6.79 Å². The molecule has 208 valence electrons. The van der Waals surface area contributed by atoms with Gasteiger partial charge in [-0.15, -0.1) is 5.73 Å². The van der Waals surface area contributed by atoms with Crippen LogP contribution < -0.4 is 9.47 Å². The molecular weight excluding hydrogens is 512 g/mol. The lowest BCUT2D eigenvalue weighted by molar-refractivity contribution is -0.137. The average molecular weight is 547 g/mol. The van der Waals surface area contributed by atoms with E-state index in [1.165, 1.54) is 22.8 Å². The fraction of sp³-hybridized carbons (Fsp3) is 0.222. The Kier molecular flexibility index (Phi) is 8.39. The van der Waals surface area contributed by atoms with Crippen molar-refractivity contribution in [2.24, 2.45) is 0 Å². The number of rotatable bonds is 9. The number of aryl methyl sites for hydroxylation is 2. The molecule has 0 aliphatic heterocycles. The summed E-state index contributed by atoms with van der Waals surface area (Å²) >= 11 is 0. The third-order valence-electron chi connectivity index (χ3n) is 7.33. The predicted molar refractivity (Wildman–Crippen MR) is 162 cm³/mol. The number of esters is 1. The van der Waals surface area contributed by atoms with E-state index in [0.29, 0.717) is 13.2 Å². The molecule has 0 fully saturated rings. The highest BCUT2D eigenvalue weighted by molar-refractivity contribution is 6.02. The third-order valence-corrected chi connectivity index (χ3v) is 7.33. The number of hydrogen-bond donors (Lipinski definition) is 0. The van der Waals surface area contributed by atoms with Crippen molar-refractivity contribution < 1.29 is 23.7 Å². The summed E-state index contributed by atoms with van der Waals surface area (Å²) in [7, 11) is 1.62. The van der Waals surface area contributed by atoms with E-state index in [9.17, 15) is 4.79 Å². The molecule has 1 aliphatic carbocycles. The Morgan fingerprint density at radius 3 is 2.22 bits per heavy atom. The zero-order valence-corrected chi connectivity index (χ0v) is 24.2. The molecule has 0 saturated carbocycles. The maximum Gasteiger partial charge on any atom is 0.338 e. The summed E-state index contributed by atoms with van der Waals surface area (Å²) in [6, 6.07) is 24.7. The van der Waals surface area contributed by atoms with E-state index in [1.54, 1.807) is 14.0 Å². The van der Waals surface area contributed by atoms with Crippen molar-refractivity contribution >= 4 is 11.5 Å². The first-order valence-electron chi connectivity index (χ1n) is 13.7. The van der Waals surface area contributed by atoms with Gasteiger partial charge in [0.2, 0.25) is 0 Å². The molecule has 41 heavy (non-hydrogen) atoms. The molecule has 0 aromatic heterocycles. The predicted octanol–water partition coefficient (Wildman–Crippen LogP) is 7.97. The van der Waals surface area contributed by atoms with Crippen LogP contribution in [0.3, 0.4) is 0 Å². The molecule has 0 saturated heterocycles. The van der Waals surface area contributed by atoms with Gasteiger partial charge in [-0.05, 0) is 114 Å². The fourth-order valence-corrected chi connectivity index (χ4v) is 5.44. The minimum atomic E-state index is -0.399. The van der Waals surface area contributed by atoms with E-state index in [1.807, 2.05) is 30.3 Å². The van der Waals surface area contributed by atoms with Gasteiger partial charge in [0.1, 0.15) is 18.1 Å². The Hall–Kier alpha value is -4.57. The molecule has 5 nitrogen and oxygen atoms in total. The maximum absolute atomic E-state index is 11.9. The van der Waals surface area contributed by atoms with Crippen LogP contribution in [0.5, 0.6) is 11.5 Å². The highest BCUT2D eigenvalue weighted by Crippen LogP contribution is 2.45. The van der Waals surface area contributed by atoms with Crippen molar-refractivity contribution in [2.45, 2.75) is 34.3 Å². The van der Waals surface area contributed by atoms with Crippen LogP contribution in [0.2, 0.25) is 0 Å². The van der Waals surface area contributed by atoms with Crippen molar-refractivity contribution in [3.8, 4) is 33.8 Å². The van der Waals surface area contributed by atoms with E-state index in [4.69, 9.17) is 18.9 Å². The summed E-state index contributed by atoms with van der Waals surface area (Å²) in [5.74, 6) is 1.19. The summed E-state index contributed by atoms with van der Waals surface area (Å²) in [5.41, 5.74) is 15.3. The normalized spacial score (nSPS) is 11.4. The van der Waals surface area contributed by atoms with Crippen LogP contribution in [0.25, 0.3) is 27.8 Å². The lowest BCUT2D eigenvalue weighted by atomic mass is 9.90. The van der Waals surface area contributed by atoms with Crippen molar-refractivity contribution in [1.82, 2.24) is 0 Å². The first-order valence-corrected chi connectivity index (χ1v) is 13.7. The Morgan fingerprint density at radius 2 is 1.49 bits per heavy atom. The second-order valence-corrected chi connectivity index (χ2v) is 10.0. The van der Waals surface area contributed by atoms with Gasteiger partial charge in [-0.1, -0.05) is 42.5 Å². The van der Waals surface area contributed by atoms with Gasteiger partial charge >= 0.3 is 5.97 Å². The van der Waals surface area contributed by atoms with Crippen LogP contribution in [0, 0.1) is 20.8 Å². The van der Waals surface area contributed by atoms with Crippen LogP contribution in [-0.2, 0) is 20.9 Å². The smallest absolute Gasteiger partial charge is 0.338 e. The van der Waals surface area contributed by atoms with Crippen molar-refractivity contribution in [3.63, 3.8) is 0 Å². The van der Waals surface area contributed by atoms with Gasteiger partial charge in [0.25, 0.3) is 0 Å². The number of methoxy groups -OCH3 is 1. The zero-order valence-electron chi connectivity index (χ0n) is 24.2. The van der Waals surface area contributed by atoms with Gasteiger partial charge in [0.05, 0.1) is 12.7 Å². The quantitative estimate of drug-likeness (QED) is 0.0812. The summed E-state index contributed by atoms with van der Waals surface area (Å²) < 4.78 is 22.1. The third kappa shape index (κ3) is 5.83. The standard InChI is InChI=1S/C36H34O5/c1-6-39-35(37)17-16-32-30-11-7-8-12-31(30)34-20-27(14-15-33(32)34)40-21-26-10-9-13-29(25(26)4)36-23(2)18-28(19-24(36)3)41-22-38-5/h7-15,17-20H,6,21-22H2,1-5H3. The van der Waals surface area contributed by atoms with E-state index < -0.39 is 5.97 Å². The minimum Gasteiger partial charge on any atom is -0.489 e. The maximum atomic E-state index is 11.9. The molecule has 0 unspecified atom stereocenters. The van der Waals surface area contributed by atoms with Gasteiger partial charge < -0.3 is 18.9 Å². The first kappa shape index (κ1) is 28.0. The number of carbonyl (C=O) groups excluding carboxylic acids is 1. The van der Waals surface area contributed by atoms with Crippen LogP contribution >= 0.6 is 0 Å². The van der Waals surface area contributed by atoms with Crippen molar-refractivity contribution in [1.29, 1.82) is 0 Å². The Morgan fingerprint density at radius 1 is 0.780 bits per heavy atom.